The van der Waals surface area contributed by atoms with Crippen LogP contribution in [0.15, 0.2) is 11.6 Å². The molecule has 0 saturated heterocycles. The fourth-order valence-corrected chi connectivity index (χ4v) is 8.83. The molecule has 0 radical (unpaired) electrons. The molecule has 33 heavy (non-hydrogen) atoms. The summed E-state index contributed by atoms with van der Waals surface area (Å²) in [4.78, 5) is 0. The van der Waals surface area contributed by atoms with Crippen LogP contribution in [0.2, 0.25) is 0 Å². The van der Waals surface area contributed by atoms with Crippen molar-refractivity contribution in [2.75, 3.05) is 0 Å². The number of halogens is 3. The third kappa shape index (κ3) is 4.11. The lowest BCUT2D eigenvalue weighted by Crippen LogP contribution is -2.55. The van der Waals surface area contributed by atoms with Crippen molar-refractivity contribution in [1.29, 1.82) is 0 Å². The summed E-state index contributed by atoms with van der Waals surface area (Å²) < 4.78 is 40.7. The average Bonchev–Trinajstić information content (AvgIpc) is 3.08. The fraction of sp³-hybridized carbons (Fsp3) is 0.929. The molecule has 0 amide bonds. The minimum atomic E-state index is -4.56. The van der Waals surface area contributed by atoms with Gasteiger partial charge in [-0.2, -0.15) is 13.2 Å². The second-order valence-electron chi connectivity index (χ2n) is 13.1. The van der Waals surface area contributed by atoms with Gasteiger partial charge in [-0.15, -0.1) is 0 Å². The molecule has 0 bridgehead atoms. The number of rotatable bonds is 5. The van der Waals surface area contributed by atoms with Crippen LogP contribution in [0.5, 0.6) is 0 Å². The molecule has 0 aromatic rings. The first-order valence-electron chi connectivity index (χ1n) is 13.4. The van der Waals surface area contributed by atoms with E-state index >= 15 is 0 Å². The molecule has 0 heterocycles. The van der Waals surface area contributed by atoms with Crippen molar-refractivity contribution in [2.45, 2.75) is 117 Å². The third-order valence-electron chi connectivity index (χ3n) is 11.1. The van der Waals surface area contributed by atoms with Gasteiger partial charge in [0.15, 0.2) is 5.60 Å². The monoisotopic (exact) mass is 470 g/mol. The maximum atomic E-state index is 13.6. The van der Waals surface area contributed by atoms with E-state index in [1.807, 2.05) is 0 Å². The second-order valence-corrected chi connectivity index (χ2v) is 13.1. The molecule has 5 heteroatoms. The van der Waals surface area contributed by atoms with E-state index < -0.39 is 11.8 Å². The predicted octanol–water partition coefficient (Wildman–Crippen LogP) is 7.29. The summed E-state index contributed by atoms with van der Waals surface area (Å²) in [5, 5.41) is 20.7. The van der Waals surface area contributed by atoms with Gasteiger partial charge < -0.3 is 10.2 Å². The Labute approximate surface area is 198 Å². The summed E-state index contributed by atoms with van der Waals surface area (Å²) in [6.07, 6.45) is 4.86. The molecular weight excluding hydrogens is 425 g/mol. The van der Waals surface area contributed by atoms with Crippen LogP contribution in [0.4, 0.5) is 13.2 Å². The molecule has 2 nitrogen and oxygen atoms in total. The minimum absolute atomic E-state index is 0.173. The normalized spacial score (nSPS) is 45.1. The lowest BCUT2D eigenvalue weighted by molar-refractivity contribution is -0.271. The number of aliphatic hydroxyl groups excluding tert-OH is 1. The van der Waals surface area contributed by atoms with E-state index in [9.17, 15) is 23.4 Å². The molecule has 0 spiro atoms. The Bertz CT molecular complexity index is 761. The molecule has 0 aliphatic heterocycles. The zero-order chi connectivity index (χ0) is 24.4. The predicted molar refractivity (Wildman–Crippen MR) is 125 cm³/mol. The Morgan fingerprint density at radius 2 is 1.70 bits per heavy atom. The van der Waals surface area contributed by atoms with Gasteiger partial charge in [0, 0.05) is 6.42 Å². The zero-order valence-electron chi connectivity index (χ0n) is 21.2. The Kier molecular flexibility index (Phi) is 6.61. The average molecular weight is 471 g/mol. The lowest BCUT2D eigenvalue weighted by atomic mass is 9.46. The first-order valence-corrected chi connectivity index (χ1v) is 13.4. The summed E-state index contributed by atoms with van der Waals surface area (Å²) in [5.74, 6) is 3.18. The van der Waals surface area contributed by atoms with Crippen LogP contribution < -0.4 is 0 Å². The Morgan fingerprint density at radius 1 is 1.00 bits per heavy atom. The summed E-state index contributed by atoms with van der Waals surface area (Å²) in [5.41, 5.74) is -1.59. The van der Waals surface area contributed by atoms with Gasteiger partial charge in [-0.05, 0) is 104 Å². The minimum Gasteiger partial charge on any atom is -0.393 e. The van der Waals surface area contributed by atoms with Crippen LogP contribution in [0, 0.1) is 46.3 Å². The SMILES string of the molecule is CC(C)[C@H](O)CC[C@@H](C)[C@H]1CC[C@H]2[C@@H]3CC=C4C[C@](O)(C(F)(F)F)CC[C@]4(C)[C@H]3CC[C@]12C. The van der Waals surface area contributed by atoms with Gasteiger partial charge in [0.2, 0.25) is 0 Å². The number of hydrogen-bond acceptors (Lipinski definition) is 2. The van der Waals surface area contributed by atoms with Gasteiger partial charge in [-0.25, -0.2) is 0 Å². The van der Waals surface area contributed by atoms with Crippen molar-refractivity contribution in [1.82, 2.24) is 0 Å². The summed E-state index contributed by atoms with van der Waals surface area (Å²) >= 11 is 0. The molecule has 2 N–H and O–H groups in total. The van der Waals surface area contributed by atoms with E-state index in [-0.39, 0.29) is 24.4 Å². The van der Waals surface area contributed by atoms with Gasteiger partial charge in [0.25, 0.3) is 0 Å². The number of hydrogen-bond donors (Lipinski definition) is 2. The highest BCUT2D eigenvalue weighted by Gasteiger charge is 2.63. The van der Waals surface area contributed by atoms with Gasteiger partial charge in [-0.3, -0.25) is 0 Å². The molecule has 0 unspecified atom stereocenters. The topological polar surface area (TPSA) is 40.5 Å². The van der Waals surface area contributed by atoms with Crippen molar-refractivity contribution < 1.29 is 23.4 Å². The highest BCUT2D eigenvalue weighted by molar-refractivity contribution is 5.28. The van der Waals surface area contributed by atoms with Crippen LogP contribution >= 0.6 is 0 Å². The van der Waals surface area contributed by atoms with Crippen LogP contribution in [-0.2, 0) is 0 Å². The van der Waals surface area contributed by atoms with E-state index in [1.54, 1.807) is 0 Å². The second kappa shape index (κ2) is 8.54. The Hall–Kier alpha value is -0.550. The number of fused-ring (bicyclic) bond motifs is 5. The first kappa shape index (κ1) is 25.5. The molecule has 9 atom stereocenters. The summed E-state index contributed by atoms with van der Waals surface area (Å²) in [6, 6.07) is 0. The molecule has 4 aliphatic rings. The highest BCUT2D eigenvalue weighted by Crippen LogP contribution is 2.68. The molecule has 4 rings (SSSR count). The molecule has 190 valence electrons. The van der Waals surface area contributed by atoms with Crippen LogP contribution in [0.3, 0.4) is 0 Å². The van der Waals surface area contributed by atoms with Gasteiger partial charge >= 0.3 is 6.18 Å². The fourth-order valence-electron chi connectivity index (χ4n) is 8.83. The highest BCUT2D eigenvalue weighted by atomic mass is 19.4. The number of allylic oxidation sites excluding steroid dienone is 1. The number of aliphatic hydroxyl groups is 2. The summed E-state index contributed by atoms with van der Waals surface area (Å²) in [7, 11) is 0. The summed E-state index contributed by atoms with van der Waals surface area (Å²) in [6.45, 7) is 11.2. The van der Waals surface area contributed by atoms with Crippen molar-refractivity contribution >= 4 is 0 Å². The van der Waals surface area contributed by atoms with Crippen LogP contribution in [0.25, 0.3) is 0 Å². The molecule has 0 aromatic heterocycles. The maximum Gasteiger partial charge on any atom is 0.417 e. The van der Waals surface area contributed by atoms with Crippen LogP contribution in [0.1, 0.15) is 98.8 Å². The molecule has 3 saturated carbocycles. The largest absolute Gasteiger partial charge is 0.417 e. The standard InChI is InChI=1S/C28H45F3O2/c1-17(2)24(32)11-6-18(3)21-9-10-22-20-8-7-19-16-27(33,28(29,30)31)15-14-25(19,4)23(20)12-13-26(21,22)5/h7,17-18,20-24,32-33H,6,8-16H2,1-5H3/t18-,20+,21-,22+,23+,24-,25+,26-,27+/m1/s1. The van der Waals surface area contributed by atoms with E-state index in [4.69, 9.17) is 0 Å². The molecule has 4 aliphatic carbocycles. The smallest absolute Gasteiger partial charge is 0.393 e. The Balaban J connectivity index is 1.50. The number of alkyl halides is 3. The van der Waals surface area contributed by atoms with E-state index in [1.165, 1.54) is 12.8 Å². The molecule has 0 aromatic carbocycles. The van der Waals surface area contributed by atoms with E-state index in [0.29, 0.717) is 47.3 Å². The van der Waals surface area contributed by atoms with Gasteiger partial charge in [0.1, 0.15) is 0 Å². The van der Waals surface area contributed by atoms with E-state index in [0.717, 1.165) is 37.7 Å². The Morgan fingerprint density at radius 3 is 2.33 bits per heavy atom. The lowest BCUT2D eigenvalue weighted by Gasteiger charge is -2.59. The first-order chi connectivity index (χ1) is 15.2. The van der Waals surface area contributed by atoms with Gasteiger partial charge in [-0.1, -0.05) is 46.3 Å². The van der Waals surface area contributed by atoms with Crippen LogP contribution in [-0.4, -0.2) is 28.1 Å². The van der Waals surface area contributed by atoms with Crippen molar-refractivity contribution in [3.05, 3.63) is 11.6 Å². The third-order valence-corrected chi connectivity index (χ3v) is 11.1. The maximum absolute atomic E-state index is 13.6. The van der Waals surface area contributed by atoms with Crippen molar-refractivity contribution in [2.24, 2.45) is 46.3 Å². The zero-order valence-corrected chi connectivity index (χ0v) is 21.2. The quantitative estimate of drug-likeness (QED) is 0.414. The van der Waals surface area contributed by atoms with Gasteiger partial charge in [0.05, 0.1) is 6.10 Å². The van der Waals surface area contributed by atoms with Crippen molar-refractivity contribution in [3.63, 3.8) is 0 Å². The molecule has 3 fully saturated rings. The van der Waals surface area contributed by atoms with E-state index in [2.05, 4.69) is 40.7 Å². The van der Waals surface area contributed by atoms with Crippen molar-refractivity contribution in [3.8, 4) is 0 Å². The molecular formula is C28H45F3O2.